The molecule has 0 bridgehead atoms. The molecule has 1 fully saturated rings. The minimum absolute atomic E-state index is 0.148. The van der Waals surface area contributed by atoms with Crippen LogP contribution in [0.1, 0.15) is 26.2 Å². The highest BCUT2D eigenvalue weighted by molar-refractivity contribution is 6.17. The predicted molar refractivity (Wildman–Crippen MR) is 50.2 cm³/mol. The number of rotatable bonds is 5. The van der Waals surface area contributed by atoms with Crippen molar-refractivity contribution in [2.24, 2.45) is 11.8 Å². The second-order valence-electron chi connectivity index (χ2n) is 3.57. The van der Waals surface area contributed by atoms with Gasteiger partial charge in [-0.1, -0.05) is 6.92 Å². The third-order valence-corrected chi connectivity index (χ3v) is 2.64. The Kier molecular flexibility index (Phi) is 3.86. The van der Waals surface area contributed by atoms with Gasteiger partial charge in [-0.2, -0.15) is 0 Å². The number of hydrogen-bond donors (Lipinski definition) is 1. The van der Waals surface area contributed by atoms with Gasteiger partial charge >= 0.3 is 0 Å². The van der Waals surface area contributed by atoms with Gasteiger partial charge in [-0.3, -0.25) is 4.79 Å². The average Bonchev–Trinajstić information content (AvgIpc) is 2.75. The van der Waals surface area contributed by atoms with E-state index in [4.69, 9.17) is 11.6 Å². The molecular weight excluding hydrogens is 174 g/mol. The van der Waals surface area contributed by atoms with Crippen molar-refractivity contribution in [1.29, 1.82) is 0 Å². The summed E-state index contributed by atoms with van der Waals surface area (Å²) in [7, 11) is 0. The summed E-state index contributed by atoms with van der Waals surface area (Å²) >= 11 is 5.46. The topological polar surface area (TPSA) is 29.1 Å². The third-order valence-electron chi connectivity index (χ3n) is 2.38. The van der Waals surface area contributed by atoms with Gasteiger partial charge in [0.2, 0.25) is 5.91 Å². The van der Waals surface area contributed by atoms with Gasteiger partial charge in [0.1, 0.15) is 0 Å². The van der Waals surface area contributed by atoms with E-state index in [1.165, 1.54) is 6.42 Å². The zero-order valence-electron chi connectivity index (χ0n) is 7.48. The Balaban J connectivity index is 1.95. The maximum atomic E-state index is 11.1. The van der Waals surface area contributed by atoms with Gasteiger partial charge in [0.05, 0.1) is 0 Å². The van der Waals surface area contributed by atoms with Crippen LogP contribution in [0.25, 0.3) is 0 Å². The lowest BCUT2D eigenvalue weighted by Crippen LogP contribution is -2.25. The summed E-state index contributed by atoms with van der Waals surface area (Å²) in [5.41, 5.74) is 0. The van der Waals surface area contributed by atoms with Crippen molar-refractivity contribution in [3.8, 4) is 0 Å². The molecule has 1 N–H and O–H groups in total. The van der Waals surface area contributed by atoms with Crippen LogP contribution in [0.2, 0.25) is 0 Å². The van der Waals surface area contributed by atoms with Crippen LogP contribution in [0.15, 0.2) is 0 Å². The van der Waals surface area contributed by atoms with Gasteiger partial charge in [-0.25, -0.2) is 0 Å². The summed E-state index contributed by atoms with van der Waals surface area (Å²) in [4.78, 5) is 11.1. The molecule has 0 aromatic rings. The molecule has 70 valence electrons. The Morgan fingerprint density at radius 3 is 2.83 bits per heavy atom. The number of halogens is 1. The summed E-state index contributed by atoms with van der Waals surface area (Å²) in [5, 5.41) is 2.91. The Morgan fingerprint density at radius 2 is 2.33 bits per heavy atom. The Hall–Kier alpha value is -0.240. The SMILES string of the molecule is CC1CC1CNC(=O)CCCCl. The van der Waals surface area contributed by atoms with Crippen LogP contribution >= 0.6 is 11.6 Å². The number of carbonyl (C=O) groups is 1. The summed E-state index contributed by atoms with van der Waals surface area (Å²) in [6, 6.07) is 0. The van der Waals surface area contributed by atoms with Crippen LogP contribution in [-0.4, -0.2) is 18.3 Å². The van der Waals surface area contributed by atoms with Crippen LogP contribution in [0.3, 0.4) is 0 Å². The van der Waals surface area contributed by atoms with E-state index >= 15 is 0 Å². The molecule has 1 aliphatic rings. The Morgan fingerprint density at radius 1 is 1.67 bits per heavy atom. The number of alkyl halides is 1. The standard InChI is InChI=1S/C9H16ClNO/c1-7-5-8(7)6-11-9(12)3-2-4-10/h7-8H,2-6H2,1H3,(H,11,12). The lowest BCUT2D eigenvalue weighted by atomic mass is 10.3. The predicted octanol–water partition coefficient (Wildman–Crippen LogP) is 1.78. The molecule has 0 heterocycles. The van der Waals surface area contributed by atoms with E-state index in [0.29, 0.717) is 12.3 Å². The maximum absolute atomic E-state index is 11.1. The van der Waals surface area contributed by atoms with Gasteiger partial charge < -0.3 is 5.32 Å². The van der Waals surface area contributed by atoms with Gasteiger partial charge in [-0.05, 0) is 24.7 Å². The van der Waals surface area contributed by atoms with Crippen LogP contribution in [0.5, 0.6) is 0 Å². The first-order valence-corrected chi connectivity index (χ1v) is 5.10. The molecule has 0 saturated heterocycles. The summed E-state index contributed by atoms with van der Waals surface area (Å²) < 4.78 is 0. The van der Waals surface area contributed by atoms with Crippen molar-refractivity contribution in [3.05, 3.63) is 0 Å². The third kappa shape index (κ3) is 3.44. The molecule has 0 aliphatic heterocycles. The van der Waals surface area contributed by atoms with E-state index in [2.05, 4.69) is 12.2 Å². The molecule has 1 aliphatic carbocycles. The molecular formula is C9H16ClNO. The average molecular weight is 190 g/mol. The van der Waals surface area contributed by atoms with Crippen molar-refractivity contribution >= 4 is 17.5 Å². The van der Waals surface area contributed by atoms with E-state index in [9.17, 15) is 4.79 Å². The second kappa shape index (κ2) is 4.70. The fraction of sp³-hybridized carbons (Fsp3) is 0.889. The molecule has 2 unspecified atom stereocenters. The van der Waals surface area contributed by atoms with Gasteiger partial charge in [0, 0.05) is 18.8 Å². The first-order valence-electron chi connectivity index (χ1n) is 4.56. The summed E-state index contributed by atoms with van der Waals surface area (Å²) in [6.07, 6.45) is 2.63. The fourth-order valence-electron chi connectivity index (χ4n) is 1.24. The van der Waals surface area contributed by atoms with Crippen LogP contribution in [-0.2, 0) is 4.79 Å². The quantitative estimate of drug-likeness (QED) is 0.657. The van der Waals surface area contributed by atoms with E-state index in [-0.39, 0.29) is 5.91 Å². The van der Waals surface area contributed by atoms with Crippen LogP contribution in [0, 0.1) is 11.8 Å². The van der Waals surface area contributed by atoms with E-state index in [0.717, 1.165) is 24.8 Å². The number of nitrogens with one attached hydrogen (secondary N) is 1. The van der Waals surface area contributed by atoms with Crippen molar-refractivity contribution in [3.63, 3.8) is 0 Å². The van der Waals surface area contributed by atoms with Crippen LogP contribution in [0.4, 0.5) is 0 Å². The molecule has 0 aromatic heterocycles. The lowest BCUT2D eigenvalue weighted by Gasteiger charge is -2.02. The molecule has 12 heavy (non-hydrogen) atoms. The molecule has 0 spiro atoms. The highest BCUT2D eigenvalue weighted by Crippen LogP contribution is 2.36. The van der Waals surface area contributed by atoms with Gasteiger partial charge in [-0.15, -0.1) is 11.6 Å². The highest BCUT2D eigenvalue weighted by Gasteiger charge is 2.32. The van der Waals surface area contributed by atoms with E-state index in [1.807, 2.05) is 0 Å². The largest absolute Gasteiger partial charge is 0.356 e. The number of carbonyl (C=O) groups excluding carboxylic acids is 1. The van der Waals surface area contributed by atoms with Crippen molar-refractivity contribution < 1.29 is 4.79 Å². The second-order valence-corrected chi connectivity index (χ2v) is 3.95. The van der Waals surface area contributed by atoms with E-state index in [1.54, 1.807) is 0 Å². The molecule has 1 rings (SSSR count). The maximum Gasteiger partial charge on any atom is 0.220 e. The van der Waals surface area contributed by atoms with Crippen molar-refractivity contribution in [2.45, 2.75) is 26.2 Å². The lowest BCUT2D eigenvalue weighted by molar-refractivity contribution is -0.121. The molecule has 1 amide bonds. The van der Waals surface area contributed by atoms with Gasteiger partial charge in [0.25, 0.3) is 0 Å². The summed E-state index contributed by atoms with van der Waals surface area (Å²) in [6.45, 7) is 3.08. The molecule has 0 aromatic carbocycles. The van der Waals surface area contributed by atoms with Crippen LogP contribution < -0.4 is 5.32 Å². The highest BCUT2D eigenvalue weighted by atomic mass is 35.5. The smallest absolute Gasteiger partial charge is 0.220 e. The molecule has 2 atom stereocenters. The first-order chi connectivity index (χ1) is 5.74. The van der Waals surface area contributed by atoms with Crippen molar-refractivity contribution in [1.82, 2.24) is 5.32 Å². The zero-order valence-corrected chi connectivity index (χ0v) is 8.23. The Labute approximate surface area is 78.7 Å². The number of amides is 1. The zero-order chi connectivity index (χ0) is 8.97. The molecule has 0 radical (unpaired) electrons. The minimum Gasteiger partial charge on any atom is -0.356 e. The normalized spacial score (nSPS) is 26.8. The summed E-state index contributed by atoms with van der Waals surface area (Å²) in [5.74, 6) is 2.28. The first kappa shape index (κ1) is 9.85. The molecule has 3 heteroatoms. The number of hydrogen-bond acceptors (Lipinski definition) is 1. The monoisotopic (exact) mass is 189 g/mol. The Bertz CT molecular complexity index is 161. The van der Waals surface area contributed by atoms with Crippen molar-refractivity contribution in [2.75, 3.05) is 12.4 Å². The minimum atomic E-state index is 0.148. The fourth-order valence-corrected chi connectivity index (χ4v) is 1.38. The van der Waals surface area contributed by atoms with Gasteiger partial charge in [0.15, 0.2) is 0 Å². The van der Waals surface area contributed by atoms with E-state index < -0.39 is 0 Å². The molecule has 1 saturated carbocycles. The molecule has 2 nitrogen and oxygen atoms in total.